The molecule has 1 aromatic carbocycles. The Balaban J connectivity index is 0.000000446. The minimum Gasteiger partial charge on any atom is -0.330 e. The summed E-state index contributed by atoms with van der Waals surface area (Å²) in [5, 5.41) is 0. The van der Waals surface area contributed by atoms with Crippen LogP contribution in [-0.2, 0) is 10.1 Å². The Bertz CT molecular complexity index is 488. The number of hydrogen-bond donors (Lipinski definition) is 2. The number of nitrogens with two attached hydrogens (primary N) is 1. The highest BCUT2D eigenvalue weighted by atomic mass is 32.2. The van der Waals surface area contributed by atoms with Crippen molar-refractivity contribution >= 4 is 10.1 Å². The van der Waals surface area contributed by atoms with Crippen LogP contribution in [0.25, 0.3) is 0 Å². The van der Waals surface area contributed by atoms with Crippen LogP contribution in [0.5, 0.6) is 0 Å². The second kappa shape index (κ2) is 14.4. The summed E-state index contributed by atoms with van der Waals surface area (Å²) in [6.45, 7) is 4.98. The Kier molecular flexibility index (Phi) is 13.9. The Hall–Kier alpha value is -0.910. The Morgan fingerprint density at radius 2 is 1.25 bits per heavy atom. The van der Waals surface area contributed by atoms with Gasteiger partial charge in [0.25, 0.3) is 10.1 Å². The fraction of sp³-hybridized carbons (Fsp3) is 0.684. The molecule has 0 aliphatic heterocycles. The molecule has 0 aromatic heterocycles. The highest BCUT2D eigenvalue weighted by molar-refractivity contribution is 7.85. The first-order valence-electron chi connectivity index (χ1n) is 9.16. The van der Waals surface area contributed by atoms with Gasteiger partial charge in [0.05, 0.1) is 4.90 Å². The molecule has 0 saturated heterocycles. The maximum Gasteiger partial charge on any atom is 0.294 e. The van der Waals surface area contributed by atoms with E-state index >= 15 is 0 Å². The van der Waals surface area contributed by atoms with Gasteiger partial charge in [-0.2, -0.15) is 8.42 Å². The highest BCUT2D eigenvalue weighted by Gasteiger charge is 2.06. The SMILES string of the molecule is CCCCCCCCCCCCN.Cc1ccc(S(=O)(=O)O)cc1. The molecule has 0 saturated carbocycles. The van der Waals surface area contributed by atoms with Gasteiger partial charge in [-0.3, -0.25) is 4.55 Å². The summed E-state index contributed by atoms with van der Waals surface area (Å²) in [6, 6.07) is 5.99. The predicted molar refractivity (Wildman–Crippen MR) is 102 cm³/mol. The van der Waals surface area contributed by atoms with Gasteiger partial charge in [0.15, 0.2) is 0 Å². The van der Waals surface area contributed by atoms with Gasteiger partial charge in [-0.05, 0) is 32.0 Å². The smallest absolute Gasteiger partial charge is 0.294 e. The van der Waals surface area contributed by atoms with Crippen LogP contribution in [-0.4, -0.2) is 19.5 Å². The van der Waals surface area contributed by atoms with Crippen LogP contribution in [0, 0.1) is 6.92 Å². The maximum absolute atomic E-state index is 10.5. The number of aryl methyl sites for hydroxylation is 1. The number of rotatable bonds is 11. The van der Waals surface area contributed by atoms with Crippen LogP contribution in [0.1, 0.15) is 76.7 Å². The molecule has 0 amide bonds. The normalized spacial score (nSPS) is 11.0. The third kappa shape index (κ3) is 13.5. The number of hydrogen-bond acceptors (Lipinski definition) is 3. The van der Waals surface area contributed by atoms with Crippen LogP contribution in [0.15, 0.2) is 29.2 Å². The molecule has 5 heteroatoms. The van der Waals surface area contributed by atoms with Gasteiger partial charge in [0.2, 0.25) is 0 Å². The molecule has 0 spiro atoms. The lowest BCUT2D eigenvalue weighted by molar-refractivity contribution is 0.483. The van der Waals surface area contributed by atoms with Crippen molar-refractivity contribution in [3.8, 4) is 0 Å². The van der Waals surface area contributed by atoms with Gasteiger partial charge in [-0.15, -0.1) is 0 Å². The van der Waals surface area contributed by atoms with Crippen LogP contribution in [0.3, 0.4) is 0 Å². The van der Waals surface area contributed by atoms with Crippen LogP contribution < -0.4 is 5.73 Å². The molecule has 0 heterocycles. The van der Waals surface area contributed by atoms with E-state index in [0.717, 1.165) is 12.1 Å². The quantitative estimate of drug-likeness (QED) is 0.426. The van der Waals surface area contributed by atoms with E-state index in [-0.39, 0.29) is 4.90 Å². The van der Waals surface area contributed by atoms with Crippen molar-refractivity contribution in [3.63, 3.8) is 0 Å². The summed E-state index contributed by atoms with van der Waals surface area (Å²) in [5.41, 5.74) is 6.38. The first kappa shape index (κ1) is 23.1. The van der Waals surface area contributed by atoms with E-state index in [1.807, 2.05) is 6.92 Å². The van der Waals surface area contributed by atoms with Crippen molar-refractivity contribution < 1.29 is 13.0 Å². The lowest BCUT2D eigenvalue weighted by Gasteiger charge is -2.00. The molecule has 0 aliphatic rings. The standard InChI is InChI=1S/C12H27N.C7H8O3S/c1-2-3-4-5-6-7-8-9-10-11-12-13;1-6-2-4-7(5-3-6)11(8,9)10/h2-13H2,1H3;2-5H,1H3,(H,8,9,10). The summed E-state index contributed by atoms with van der Waals surface area (Å²) in [4.78, 5) is -0.0666. The van der Waals surface area contributed by atoms with Gasteiger partial charge in [0, 0.05) is 0 Å². The second-order valence-electron chi connectivity index (χ2n) is 6.26. The average molecular weight is 358 g/mol. The van der Waals surface area contributed by atoms with Gasteiger partial charge < -0.3 is 5.73 Å². The van der Waals surface area contributed by atoms with Gasteiger partial charge in [0.1, 0.15) is 0 Å². The third-order valence-electron chi connectivity index (χ3n) is 3.88. The zero-order valence-electron chi connectivity index (χ0n) is 15.3. The molecule has 0 radical (unpaired) electrons. The van der Waals surface area contributed by atoms with Crippen molar-refractivity contribution in [1.29, 1.82) is 0 Å². The molecule has 0 fully saturated rings. The average Bonchev–Trinajstić information content (AvgIpc) is 2.53. The summed E-state index contributed by atoms with van der Waals surface area (Å²) < 4.78 is 29.6. The van der Waals surface area contributed by atoms with Crippen LogP contribution >= 0.6 is 0 Å². The monoisotopic (exact) mass is 357 g/mol. The van der Waals surface area contributed by atoms with E-state index in [1.54, 1.807) is 12.1 Å². The molecule has 140 valence electrons. The molecule has 1 aromatic rings. The maximum atomic E-state index is 10.5. The van der Waals surface area contributed by atoms with Crippen molar-refractivity contribution in [1.82, 2.24) is 0 Å². The molecule has 0 bridgehead atoms. The fourth-order valence-corrected chi connectivity index (χ4v) is 2.82. The lowest BCUT2D eigenvalue weighted by Crippen LogP contribution is -1.97. The summed E-state index contributed by atoms with van der Waals surface area (Å²) in [7, 11) is -4.02. The van der Waals surface area contributed by atoms with E-state index in [9.17, 15) is 8.42 Å². The highest BCUT2D eigenvalue weighted by Crippen LogP contribution is 2.10. The molecular formula is C19H35NO3S. The van der Waals surface area contributed by atoms with Crippen LogP contribution in [0.4, 0.5) is 0 Å². The molecule has 1 rings (SSSR count). The molecular weight excluding hydrogens is 322 g/mol. The molecule has 0 unspecified atom stereocenters. The van der Waals surface area contributed by atoms with E-state index in [0.29, 0.717) is 0 Å². The van der Waals surface area contributed by atoms with Crippen molar-refractivity contribution in [3.05, 3.63) is 29.8 Å². The minimum atomic E-state index is -4.02. The molecule has 0 aliphatic carbocycles. The predicted octanol–water partition coefficient (Wildman–Crippen LogP) is 5.11. The number of unbranched alkanes of at least 4 members (excludes halogenated alkanes) is 9. The molecule has 0 atom stereocenters. The van der Waals surface area contributed by atoms with Crippen molar-refractivity contribution in [2.45, 2.75) is 83.0 Å². The fourth-order valence-electron chi connectivity index (χ4n) is 2.34. The summed E-state index contributed by atoms with van der Waals surface area (Å²) >= 11 is 0. The third-order valence-corrected chi connectivity index (χ3v) is 4.74. The van der Waals surface area contributed by atoms with Crippen molar-refractivity contribution in [2.24, 2.45) is 5.73 Å². The van der Waals surface area contributed by atoms with Crippen molar-refractivity contribution in [2.75, 3.05) is 6.54 Å². The van der Waals surface area contributed by atoms with Gasteiger partial charge in [-0.25, -0.2) is 0 Å². The largest absolute Gasteiger partial charge is 0.330 e. The lowest BCUT2D eigenvalue weighted by atomic mass is 10.1. The molecule has 3 N–H and O–H groups in total. The van der Waals surface area contributed by atoms with E-state index in [4.69, 9.17) is 10.3 Å². The molecule has 24 heavy (non-hydrogen) atoms. The Labute approximate surface area is 148 Å². The topological polar surface area (TPSA) is 80.4 Å². The van der Waals surface area contributed by atoms with E-state index in [1.165, 1.54) is 76.3 Å². The number of benzene rings is 1. The Morgan fingerprint density at radius 3 is 1.62 bits per heavy atom. The first-order valence-corrected chi connectivity index (χ1v) is 10.6. The van der Waals surface area contributed by atoms with Gasteiger partial charge >= 0.3 is 0 Å². The Morgan fingerprint density at radius 1 is 0.833 bits per heavy atom. The van der Waals surface area contributed by atoms with E-state index < -0.39 is 10.1 Å². The van der Waals surface area contributed by atoms with Crippen LogP contribution in [0.2, 0.25) is 0 Å². The first-order chi connectivity index (χ1) is 11.4. The summed E-state index contributed by atoms with van der Waals surface area (Å²) in [6.07, 6.45) is 13.9. The minimum absolute atomic E-state index is 0.0666. The summed E-state index contributed by atoms with van der Waals surface area (Å²) in [5.74, 6) is 0. The molecule has 4 nitrogen and oxygen atoms in total. The van der Waals surface area contributed by atoms with Gasteiger partial charge in [-0.1, -0.05) is 82.4 Å². The van der Waals surface area contributed by atoms with E-state index in [2.05, 4.69) is 6.92 Å². The zero-order chi connectivity index (χ0) is 18.3. The second-order valence-corrected chi connectivity index (χ2v) is 7.68. The zero-order valence-corrected chi connectivity index (χ0v) is 16.2.